The maximum atomic E-state index is 4.96. The molecule has 0 fully saturated rings. The summed E-state index contributed by atoms with van der Waals surface area (Å²) in [6, 6.07) is 0.477. The molecule has 0 atom stereocenters. The lowest BCUT2D eigenvalue weighted by Crippen LogP contribution is -2.27. The van der Waals surface area contributed by atoms with Gasteiger partial charge in [-0.2, -0.15) is 0 Å². The van der Waals surface area contributed by atoms with Crippen LogP contribution in [-0.4, -0.2) is 35.0 Å². The molecular weight excluding hydrogens is 332 g/mol. The van der Waals surface area contributed by atoms with Crippen molar-refractivity contribution in [3.05, 3.63) is 47.4 Å². The molecule has 0 unspecified atom stereocenters. The van der Waals surface area contributed by atoms with E-state index in [9.17, 15) is 0 Å². The lowest BCUT2D eigenvalue weighted by atomic mass is 10.2. The van der Waals surface area contributed by atoms with Crippen LogP contribution in [0.4, 0.5) is 0 Å². The summed E-state index contributed by atoms with van der Waals surface area (Å²) < 4.78 is 4.43. The zero-order valence-electron chi connectivity index (χ0n) is 14.8. The van der Waals surface area contributed by atoms with Gasteiger partial charge < -0.3 is 14.0 Å². The van der Waals surface area contributed by atoms with Crippen molar-refractivity contribution in [1.82, 2.24) is 29.0 Å². The molecule has 130 valence electrons. The number of aromatic nitrogens is 5. The Kier molecular flexibility index (Phi) is 4.17. The van der Waals surface area contributed by atoms with Gasteiger partial charge in [0.25, 0.3) is 0 Å². The number of rotatable bonds is 5. The Morgan fingerprint density at radius 2 is 2.12 bits per heavy atom. The van der Waals surface area contributed by atoms with Gasteiger partial charge in [0.2, 0.25) is 0 Å². The average Bonchev–Trinajstić information content (AvgIpc) is 3.33. The number of thiazole rings is 1. The molecule has 0 bridgehead atoms. The van der Waals surface area contributed by atoms with Gasteiger partial charge in [0.1, 0.15) is 5.82 Å². The number of imidazole rings is 2. The van der Waals surface area contributed by atoms with Gasteiger partial charge in [0.15, 0.2) is 10.8 Å². The summed E-state index contributed by atoms with van der Waals surface area (Å²) in [6.45, 7) is 9.06. The fraction of sp³-hybridized carbons (Fsp3) is 0.389. The van der Waals surface area contributed by atoms with Crippen molar-refractivity contribution in [3.8, 4) is 10.8 Å². The van der Waals surface area contributed by atoms with Crippen molar-refractivity contribution >= 4 is 17.4 Å². The lowest BCUT2D eigenvalue weighted by molar-refractivity contribution is 0.298. The number of hydrogen-bond donors (Lipinski definition) is 0. The summed E-state index contributed by atoms with van der Waals surface area (Å²) in [5, 5.41) is 2.92. The van der Waals surface area contributed by atoms with Crippen molar-refractivity contribution in [2.75, 3.05) is 0 Å². The summed E-state index contributed by atoms with van der Waals surface area (Å²) in [5.74, 6) is 1.97. The fourth-order valence-electron chi connectivity index (χ4n) is 3.21. The zero-order valence-corrected chi connectivity index (χ0v) is 15.6. The van der Waals surface area contributed by atoms with E-state index in [1.807, 2.05) is 24.0 Å². The van der Waals surface area contributed by atoms with Crippen molar-refractivity contribution < 1.29 is 0 Å². The number of hydrogen-bond acceptors (Lipinski definition) is 5. The molecule has 0 saturated heterocycles. The highest BCUT2D eigenvalue weighted by Crippen LogP contribution is 2.25. The normalized spacial score (nSPS) is 13.7. The highest BCUT2D eigenvalue weighted by molar-refractivity contribution is 7.13. The van der Waals surface area contributed by atoms with E-state index in [4.69, 9.17) is 4.98 Å². The second kappa shape index (κ2) is 6.48. The van der Waals surface area contributed by atoms with Crippen molar-refractivity contribution in [2.24, 2.45) is 0 Å². The first-order valence-corrected chi connectivity index (χ1v) is 9.48. The first-order chi connectivity index (χ1) is 12.2. The third-order valence-corrected chi connectivity index (χ3v) is 5.32. The molecule has 0 N–H and O–H groups in total. The minimum atomic E-state index is 0.477. The third kappa shape index (κ3) is 2.89. The van der Waals surface area contributed by atoms with E-state index in [0.717, 1.165) is 35.4 Å². The highest BCUT2D eigenvalue weighted by atomic mass is 32.1. The quantitative estimate of drug-likeness (QED) is 0.704. The Hall–Kier alpha value is -2.41. The van der Waals surface area contributed by atoms with Gasteiger partial charge in [-0.05, 0) is 26.8 Å². The van der Waals surface area contributed by atoms with E-state index in [-0.39, 0.29) is 0 Å². The summed E-state index contributed by atoms with van der Waals surface area (Å²) in [6.07, 6.45) is 10.0. The highest BCUT2D eigenvalue weighted by Gasteiger charge is 2.21. The molecule has 0 aliphatic carbocycles. The van der Waals surface area contributed by atoms with Crippen LogP contribution in [0, 0.1) is 0 Å². The van der Waals surface area contributed by atoms with Crippen molar-refractivity contribution in [1.29, 1.82) is 0 Å². The van der Waals surface area contributed by atoms with Crippen molar-refractivity contribution in [3.63, 3.8) is 0 Å². The minimum absolute atomic E-state index is 0.477. The summed E-state index contributed by atoms with van der Waals surface area (Å²) in [7, 11) is 0. The van der Waals surface area contributed by atoms with Crippen LogP contribution in [0.1, 0.15) is 38.0 Å². The summed E-state index contributed by atoms with van der Waals surface area (Å²) >= 11 is 1.61. The van der Waals surface area contributed by atoms with Crippen LogP contribution in [0.25, 0.3) is 16.9 Å². The van der Waals surface area contributed by atoms with E-state index in [0.29, 0.717) is 12.6 Å². The van der Waals surface area contributed by atoms with Crippen LogP contribution >= 0.6 is 11.3 Å². The molecule has 1 aliphatic rings. The molecular formula is C18H22N6S. The van der Waals surface area contributed by atoms with E-state index < -0.39 is 0 Å². The third-order valence-electron chi connectivity index (χ3n) is 4.55. The van der Waals surface area contributed by atoms with E-state index in [1.54, 1.807) is 11.3 Å². The molecule has 0 amide bonds. The van der Waals surface area contributed by atoms with Gasteiger partial charge in [-0.1, -0.05) is 0 Å². The molecule has 0 aromatic carbocycles. The molecule has 0 radical (unpaired) electrons. The largest absolute Gasteiger partial charge is 0.369 e. The van der Waals surface area contributed by atoms with Gasteiger partial charge >= 0.3 is 0 Å². The molecule has 25 heavy (non-hydrogen) atoms. The molecule has 3 aromatic rings. The molecule has 0 spiro atoms. The Labute approximate surface area is 151 Å². The first-order valence-electron chi connectivity index (χ1n) is 8.60. The molecule has 1 aliphatic heterocycles. The van der Waals surface area contributed by atoms with E-state index in [1.165, 1.54) is 5.69 Å². The van der Waals surface area contributed by atoms with Gasteiger partial charge in [-0.15, -0.1) is 11.3 Å². The van der Waals surface area contributed by atoms with E-state index >= 15 is 0 Å². The molecule has 7 heteroatoms. The van der Waals surface area contributed by atoms with Crippen LogP contribution < -0.4 is 0 Å². The number of nitrogens with zero attached hydrogens (tertiary/aromatic N) is 6. The topological polar surface area (TPSA) is 51.8 Å². The van der Waals surface area contributed by atoms with Crippen LogP contribution in [0.2, 0.25) is 0 Å². The second-order valence-corrected chi connectivity index (χ2v) is 7.30. The number of fused-ring (bicyclic) bond motifs is 1. The maximum Gasteiger partial charge on any atom is 0.169 e. The Bertz CT molecular complexity index is 887. The fourth-order valence-corrected chi connectivity index (χ4v) is 3.86. The Balaban J connectivity index is 1.67. The first kappa shape index (κ1) is 16.1. The van der Waals surface area contributed by atoms with Crippen LogP contribution in [-0.2, 0) is 19.6 Å². The molecule has 6 nitrogen and oxygen atoms in total. The zero-order chi connectivity index (χ0) is 17.4. The van der Waals surface area contributed by atoms with Crippen LogP contribution in [0.5, 0.6) is 0 Å². The predicted molar refractivity (Wildman–Crippen MR) is 100 cm³/mol. The molecule has 0 saturated carbocycles. The van der Waals surface area contributed by atoms with Crippen molar-refractivity contribution in [2.45, 2.75) is 46.4 Å². The Morgan fingerprint density at radius 1 is 1.24 bits per heavy atom. The maximum absolute atomic E-state index is 4.96. The van der Waals surface area contributed by atoms with Gasteiger partial charge in [0, 0.05) is 42.8 Å². The van der Waals surface area contributed by atoms with Crippen LogP contribution in [0.3, 0.4) is 0 Å². The van der Waals surface area contributed by atoms with Gasteiger partial charge in [0.05, 0.1) is 24.5 Å². The second-order valence-electron chi connectivity index (χ2n) is 6.40. The van der Waals surface area contributed by atoms with Gasteiger partial charge in [-0.25, -0.2) is 15.0 Å². The average molecular weight is 354 g/mol. The predicted octanol–water partition coefficient (Wildman–Crippen LogP) is 3.47. The van der Waals surface area contributed by atoms with Gasteiger partial charge in [-0.3, -0.25) is 0 Å². The summed E-state index contributed by atoms with van der Waals surface area (Å²) in [5.41, 5.74) is 2.38. The molecule has 4 heterocycles. The van der Waals surface area contributed by atoms with E-state index in [2.05, 4.69) is 57.0 Å². The lowest BCUT2D eigenvalue weighted by Gasteiger charge is -2.27. The SMILES string of the molecule is CCn1c(Cn2ccnc2-c2nccs2)nc2c1C=CN(C(C)C)C2. The molecule has 4 rings (SSSR count). The standard InChI is InChI=1S/C18H22N6S/c1-4-24-15-5-8-22(13(2)3)11-14(15)21-16(24)12-23-9-6-19-17(23)18-20-7-10-25-18/h5-10,13H,4,11-12H2,1-3H3. The monoisotopic (exact) mass is 354 g/mol. The van der Waals surface area contributed by atoms with Crippen LogP contribution in [0.15, 0.2) is 30.2 Å². The summed E-state index contributed by atoms with van der Waals surface area (Å²) in [4.78, 5) is 16.1. The Morgan fingerprint density at radius 3 is 2.84 bits per heavy atom. The minimum Gasteiger partial charge on any atom is -0.369 e. The molecule has 3 aromatic heterocycles. The smallest absolute Gasteiger partial charge is 0.169 e.